The summed E-state index contributed by atoms with van der Waals surface area (Å²) >= 11 is 0. The summed E-state index contributed by atoms with van der Waals surface area (Å²) in [6, 6.07) is 23.6. The zero-order chi connectivity index (χ0) is 23.1. The third-order valence-corrected chi connectivity index (χ3v) is 6.49. The summed E-state index contributed by atoms with van der Waals surface area (Å²) in [5.41, 5.74) is 11.7. The fraction of sp³-hybridized carbons (Fsp3) is 0.103. The second kappa shape index (κ2) is 8.28. The first-order valence-corrected chi connectivity index (χ1v) is 11.4. The maximum absolute atomic E-state index is 4.58. The minimum Gasteiger partial charge on any atom is -0.354 e. The molecular formula is C29H25N5. The quantitative estimate of drug-likeness (QED) is 0.263. The van der Waals surface area contributed by atoms with E-state index in [1.807, 2.05) is 12.4 Å². The van der Waals surface area contributed by atoms with Gasteiger partial charge in [0.1, 0.15) is 5.69 Å². The molecule has 0 radical (unpaired) electrons. The number of pyridine rings is 1. The van der Waals surface area contributed by atoms with Gasteiger partial charge in [-0.1, -0.05) is 43.0 Å². The molecule has 166 valence electrons. The lowest BCUT2D eigenvalue weighted by Gasteiger charge is -2.16. The fourth-order valence-corrected chi connectivity index (χ4v) is 4.67. The normalized spacial score (nSPS) is 13.4. The van der Waals surface area contributed by atoms with Gasteiger partial charge < -0.3 is 10.6 Å². The van der Waals surface area contributed by atoms with Crippen LogP contribution in [-0.2, 0) is 13.1 Å². The molecule has 6 rings (SSSR count). The lowest BCUT2D eigenvalue weighted by Crippen LogP contribution is -2.13. The Morgan fingerprint density at radius 1 is 0.824 bits per heavy atom. The van der Waals surface area contributed by atoms with Crippen molar-refractivity contribution in [2.75, 3.05) is 5.32 Å². The Balaban J connectivity index is 1.51. The highest BCUT2D eigenvalue weighted by molar-refractivity contribution is 5.95. The van der Waals surface area contributed by atoms with E-state index >= 15 is 0 Å². The van der Waals surface area contributed by atoms with Crippen molar-refractivity contribution in [2.45, 2.75) is 20.0 Å². The van der Waals surface area contributed by atoms with Crippen LogP contribution in [0.25, 0.3) is 38.9 Å². The Morgan fingerprint density at radius 3 is 2.62 bits per heavy atom. The van der Waals surface area contributed by atoms with Crippen molar-refractivity contribution < 1.29 is 0 Å². The second-order valence-electron chi connectivity index (χ2n) is 8.80. The SMILES string of the molecule is C=C1Nc2cccc(c2C)-c2cccc(c2)CNCc2cncc(c2)-c2ccc3[nH]nc1c3c2. The smallest absolute Gasteiger partial charge is 0.116 e. The molecule has 0 amide bonds. The number of aromatic amines is 1. The van der Waals surface area contributed by atoms with E-state index in [1.54, 1.807) is 0 Å². The number of fused-ring (bicyclic) bond motifs is 9. The van der Waals surface area contributed by atoms with Crippen LogP contribution in [0.3, 0.4) is 0 Å². The molecule has 0 saturated carbocycles. The van der Waals surface area contributed by atoms with E-state index in [1.165, 1.54) is 22.3 Å². The van der Waals surface area contributed by atoms with Crippen LogP contribution in [-0.4, -0.2) is 15.2 Å². The van der Waals surface area contributed by atoms with Gasteiger partial charge in [0.05, 0.1) is 11.2 Å². The molecule has 0 spiro atoms. The van der Waals surface area contributed by atoms with Gasteiger partial charge in [0.2, 0.25) is 0 Å². The Labute approximate surface area is 198 Å². The molecule has 3 heterocycles. The number of hydrogen-bond donors (Lipinski definition) is 3. The molecule has 1 aliphatic heterocycles. The first-order valence-electron chi connectivity index (χ1n) is 11.4. The maximum atomic E-state index is 4.58. The van der Waals surface area contributed by atoms with Gasteiger partial charge in [-0.2, -0.15) is 5.10 Å². The van der Waals surface area contributed by atoms with Gasteiger partial charge in [-0.05, 0) is 70.6 Å². The standard InChI is InChI=1S/C29H25N5/c1-18-25-7-4-8-27(18)32-19(2)29-26-13-22(9-10-28(26)33-34-29)24-12-21(16-31-17-24)15-30-14-20-5-3-6-23(25)11-20/h3-13,16-17,30,32H,2,14-15H2,1H3,(H,33,34). The Morgan fingerprint density at radius 2 is 1.68 bits per heavy atom. The monoisotopic (exact) mass is 443 g/mol. The second-order valence-corrected chi connectivity index (χ2v) is 8.80. The highest BCUT2D eigenvalue weighted by Crippen LogP contribution is 2.33. The van der Waals surface area contributed by atoms with E-state index in [-0.39, 0.29) is 0 Å². The molecule has 8 bridgehead atoms. The van der Waals surface area contributed by atoms with Crippen LogP contribution in [0.4, 0.5) is 5.69 Å². The van der Waals surface area contributed by atoms with Crippen LogP contribution in [0, 0.1) is 6.92 Å². The van der Waals surface area contributed by atoms with Crippen molar-refractivity contribution in [3.05, 3.63) is 108 Å². The van der Waals surface area contributed by atoms with E-state index < -0.39 is 0 Å². The first-order chi connectivity index (χ1) is 16.7. The fourth-order valence-electron chi connectivity index (χ4n) is 4.67. The Bertz CT molecular complexity index is 1550. The molecule has 0 atom stereocenters. The Kier molecular flexibility index (Phi) is 4.97. The van der Waals surface area contributed by atoms with Gasteiger partial charge in [0, 0.05) is 42.1 Å². The van der Waals surface area contributed by atoms with Gasteiger partial charge in [-0.15, -0.1) is 0 Å². The van der Waals surface area contributed by atoms with Crippen LogP contribution in [0.15, 0.2) is 85.7 Å². The highest BCUT2D eigenvalue weighted by atomic mass is 15.1. The number of hydrogen-bond acceptors (Lipinski definition) is 4. The minimum absolute atomic E-state index is 0.750. The minimum atomic E-state index is 0.750. The topological polar surface area (TPSA) is 65.6 Å². The predicted molar refractivity (Wildman–Crippen MR) is 139 cm³/mol. The number of benzene rings is 3. The van der Waals surface area contributed by atoms with Crippen molar-refractivity contribution in [1.29, 1.82) is 0 Å². The van der Waals surface area contributed by atoms with E-state index in [4.69, 9.17) is 0 Å². The van der Waals surface area contributed by atoms with Crippen molar-refractivity contribution in [3.63, 3.8) is 0 Å². The largest absolute Gasteiger partial charge is 0.354 e. The summed E-state index contributed by atoms with van der Waals surface area (Å²) in [5.74, 6) is 0. The third-order valence-electron chi connectivity index (χ3n) is 6.49. The van der Waals surface area contributed by atoms with E-state index in [0.717, 1.165) is 57.8 Å². The molecule has 5 nitrogen and oxygen atoms in total. The van der Waals surface area contributed by atoms with Crippen LogP contribution >= 0.6 is 0 Å². The molecule has 5 aromatic rings. The average molecular weight is 444 g/mol. The number of aromatic nitrogens is 3. The summed E-state index contributed by atoms with van der Waals surface area (Å²) in [7, 11) is 0. The maximum Gasteiger partial charge on any atom is 0.116 e. The highest BCUT2D eigenvalue weighted by Gasteiger charge is 2.14. The molecule has 0 saturated heterocycles. The number of anilines is 1. The summed E-state index contributed by atoms with van der Waals surface area (Å²) in [5, 5.41) is 15.8. The number of nitrogens with one attached hydrogen (secondary N) is 3. The van der Waals surface area contributed by atoms with E-state index in [9.17, 15) is 0 Å². The predicted octanol–water partition coefficient (Wildman–Crippen LogP) is 6.29. The molecule has 0 aliphatic carbocycles. The van der Waals surface area contributed by atoms with Gasteiger partial charge >= 0.3 is 0 Å². The van der Waals surface area contributed by atoms with Gasteiger partial charge in [-0.3, -0.25) is 10.1 Å². The number of nitrogens with zero attached hydrogens (tertiary/aromatic N) is 2. The van der Waals surface area contributed by atoms with Crippen LogP contribution in [0.1, 0.15) is 22.4 Å². The lowest BCUT2D eigenvalue weighted by atomic mass is 9.97. The molecule has 0 unspecified atom stereocenters. The van der Waals surface area contributed by atoms with Crippen molar-refractivity contribution in [3.8, 4) is 22.3 Å². The zero-order valence-electron chi connectivity index (χ0n) is 19.0. The van der Waals surface area contributed by atoms with Crippen LogP contribution in [0.5, 0.6) is 0 Å². The van der Waals surface area contributed by atoms with Crippen molar-refractivity contribution in [2.24, 2.45) is 0 Å². The first kappa shape index (κ1) is 20.4. The van der Waals surface area contributed by atoms with Crippen molar-refractivity contribution >= 4 is 22.3 Å². The Hall–Kier alpha value is -4.22. The molecule has 0 fully saturated rings. The zero-order valence-corrected chi connectivity index (χ0v) is 19.0. The van der Waals surface area contributed by atoms with Gasteiger partial charge in [-0.25, -0.2) is 0 Å². The van der Waals surface area contributed by atoms with Crippen LogP contribution in [0.2, 0.25) is 0 Å². The van der Waals surface area contributed by atoms with Gasteiger partial charge in [0.25, 0.3) is 0 Å². The lowest BCUT2D eigenvalue weighted by molar-refractivity contribution is 0.692. The van der Waals surface area contributed by atoms with E-state index in [0.29, 0.717) is 0 Å². The summed E-state index contributed by atoms with van der Waals surface area (Å²) in [6.45, 7) is 8.01. The summed E-state index contributed by atoms with van der Waals surface area (Å²) < 4.78 is 0. The van der Waals surface area contributed by atoms with Gasteiger partial charge in [0.15, 0.2) is 0 Å². The number of H-pyrrole nitrogens is 1. The molecule has 5 heteroatoms. The molecular weight excluding hydrogens is 418 g/mol. The van der Waals surface area contributed by atoms with E-state index in [2.05, 4.69) is 106 Å². The summed E-state index contributed by atoms with van der Waals surface area (Å²) in [6.07, 6.45) is 3.84. The molecule has 34 heavy (non-hydrogen) atoms. The van der Waals surface area contributed by atoms with Crippen LogP contribution < -0.4 is 10.6 Å². The molecule has 3 N–H and O–H groups in total. The molecule has 1 aliphatic rings. The van der Waals surface area contributed by atoms with Crippen molar-refractivity contribution in [1.82, 2.24) is 20.5 Å². The molecule has 3 aromatic carbocycles. The summed E-state index contributed by atoms with van der Waals surface area (Å²) in [4.78, 5) is 4.50. The number of rotatable bonds is 0. The average Bonchev–Trinajstić information content (AvgIpc) is 3.29. The third kappa shape index (κ3) is 3.66. The molecule has 2 aromatic heterocycles.